The molecule has 0 radical (unpaired) electrons. The molecule has 0 saturated carbocycles. The first kappa shape index (κ1) is 12.4. The molecule has 0 aliphatic heterocycles. The number of fused-ring (bicyclic) bond motifs is 3. The quantitative estimate of drug-likeness (QED) is 0.607. The summed E-state index contributed by atoms with van der Waals surface area (Å²) in [5.41, 5.74) is 2.39. The number of halogens is 1. The lowest BCUT2D eigenvalue weighted by Crippen LogP contribution is -1.98. The first-order valence-corrected chi connectivity index (χ1v) is 7.96. The largest absolute Gasteiger partial charge is 0.461 e. The first-order chi connectivity index (χ1) is 9.74. The Morgan fingerprint density at radius 3 is 2.90 bits per heavy atom. The van der Waals surface area contributed by atoms with E-state index in [1.54, 1.807) is 17.6 Å². The van der Waals surface area contributed by atoms with Crippen LogP contribution in [0.2, 0.25) is 5.15 Å². The van der Waals surface area contributed by atoms with Gasteiger partial charge in [-0.1, -0.05) is 11.6 Å². The summed E-state index contributed by atoms with van der Waals surface area (Å²) in [5, 5.41) is 1.61. The van der Waals surface area contributed by atoms with Crippen molar-refractivity contribution in [2.24, 2.45) is 0 Å². The van der Waals surface area contributed by atoms with Crippen LogP contribution in [0, 0.1) is 6.92 Å². The highest BCUT2D eigenvalue weighted by Gasteiger charge is 2.21. The van der Waals surface area contributed by atoms with Crippen molar-refractivity contribution >= 4 is 33.2 Å². The van der Waals surface area contributed by atoms with Crippen LogP contribution in [0.1, 0.15) is 28.8 Å². The van der Waals surface area contributed by atoms with Crippen molar-refractivity contribution in [2.45, 2.75) is 32.6 Å². The molecular formula is C15H13ClN2OS. The fraction of sp³-hybridized carbons (Fsp3) is 0.333. The highest BCUT2D eigenvalue weighted by molar-refractivity contribution is 7.19. The molecule has 0 fully saturated rings. The second-order valence-corrected chi connectivity index (χ2v) is 6.60. The molecule has 0 amide bonds. The zero-order valence-electron chi connectivity index (χ0n) is 11.1. The summed E-state index contributed by atoms with van der Waals surface area (Å²) in [4.78, 5) is 11.5. The monoisotopic (exact) mass is 304 g/mol. The van der Waals surface area contributed by atoms with Gasteiger partial charge in [-0.3, -0.25) is 0 Å². The van der Waals surface area contributed by atoms with Crippen molar-refractivity contribution in [3.8, 4) is 11.6 Å². The second kappa shape index (κ2) is 4.57. The number of furan rings is 1. The van der Waals surface area contributed by atoms with Crippen LogP contribution < -0.4 is 0 Å². The molecule has 1 aliphatic carbocycles. The highest BCUT2D eigenvalue weighted by Crippen LogP contribution is 2.39. The molecule has 3 aromatic rings. The number of aromatic nitrogens is 2. The van der Waals surface area contributed by atoms with Crippen LogP contribution in [-0.2, 0) is 12.8 Å². The number of thiophene rings is 1. The summed E-state index contributed by atoms with van der Waals surface area (Å²) < 4.78 is 5.48. The van der Waals surface area contributed by atoms with E-state index in [1.807, 2.05) is 13.0 Å². The van der Waals surface area contributed by atoms with Gasteiger partial charge in [0.25, 0.3) is 0 Å². The molecule has 1 aliphatic rings. The minimum Gasteiger partial charge on any atom is -0.461 e. The molecule has 0 unspecified atom stereocenters. The third kappa shape index (κ3) is 1.79. The number of hydrogen-bond donors (Lipinski definition) is 0. The number of nitrogens with zero attached hydrogens (tertiary/aromatic N) is 2. The van der Waals surface area contributed by atoms with Crippen molar-refractivity contribution in [1.82, 2.24) is 9.97 Å². The van der Waals surface area contributed by atoms with Gasteiger partial charge in [0.15, 0.2) is 11.6 Å². The van der Waals surface area contributed by atoms with E-state index in [4.69, 9.17) is 16.0 Å². The molecule has 102 valence electrons. The van der Waals surface area contributed by atoms with E-state index in [-0.39, 0.29) is 0 Å². The van der Waals surface area contributed by atoms with Gasteiger partial charge < -0.3 is 4.42 Å². The predicted molar refractivity (Wildman–Crippen MR) is 81.5 cm³/mol. The fourth-order valence-corrected chi connectivity index (χ4v) is 4.42. The molecule has 0 saturated heterocycles. The van der Waals surface area contributed by atoms with Gasteiger partial charge in [-0.25, -0.2) is 9.97 Å². The van der Waals surface area contributed by atoms with Crippen molar-refractivity contribution in [2.75, 3.05) is 0 Å². The van der Waals surface area contributed by atoms with Crippen molar-refractivity contribution in [3.05, 3.63) is 33.5 Å². The van der Waals surface area contributed by atoms with Gasteiger partial charge in [0.05, 0.1) is 11.6 Å². The summed E-state index contributed by atoms with van der Waals surface area (Å²) in [7, 11) is 0. The van der Waals surface area contributed by atoms with Crippen LogP contribution >= 0.6 is 22.9 Å². The molecule has 20 heavy (non-hydrogen) atoms. The van der Waals surface area contributed by atoms with E-state index in [1.165, 1.54) is 23.3 Å². The molecule has 0 bridgehead atoms. The topological polar surface area (TPSA) is 38.9 Å². The molecule has 0 aromatic carbocycles. The van der Waals surface area contributed by atoms with Gasteiger partial charge in [-0.05, 0) is 49.8 Å². The average Bonchev–Trinajstić information content (AvgIpc) is 3.01. The van der Waals surface area contributed by atoms with Gasteiger partial charge in [-0.2, -0.15) is 0 Å². The van der Waals surface area contributed by atoms with Crippen LogP contribution in [0.4, 0.5) is 0 Å². The standard InChI is InChI=1S/C15H13ClN2OS/c1-8-6-7-19-12(8)14-17-13(16)11-9-4-2-3-5-10(9)20-15(11)18-14/h6-7H,2-5H2,1H3. The second-order valence-electron chi connectivity index (χ2n) is 5.16. The van der Waals surface area contributed by atoms with Gasteiger partial charge >= 0.3 is 0 Å². The Labute approximate surface area is 125 Å². The summed E-state index contributed by atoms with van der Waals surface area (Å²) >= 11 is 8.18. The normalized spacial score (nSPS) is 14.7. The minimum absolute atomic E-state index is 0.556. The Morgan fingerprint density at radius 2 is 2.10 bits per heavy atom. The molecule has 3 aromatic heterocycles. The Morgan fingerprint density at radius 1 is 1.25 bits per heavy atom. The minimum atomic E-state index is 0.556. The zero-order valence-corrected chi connectivity index (χ0v) is 12.6. The third-order valence-corrected chi connectivity index (χ3v) is 5.29. The summed E-state index contributed by atoms with van der Waals surface area (Å²) in [5.74, 6) is 1.30. The summed E-state index contributed by atoms with van der Waals surface area (Å²) in [6.45, 7) is 1.99. The lowest BCUT2D eigenvalue weighted by molar-refractivity contribution is 0.576. The molecule has 0 spiro atoms. The van der Waals surface area contributed by atoms with Crippen molar-refractivity contribution in [1.29, 1.82) is 0 Å². The Kier molecular flexibility index (Phi) is 2.82. The third-order valence-electron chi connectivity index (χ3n) is 3.84. The Bertz CT molecular complexity index is 806. The van der Waals surface area contributed by atoms with Crippen molar-refractivity contribution < 1.29 is 4.42 Å². The van der Waals surface area contributed by atoms with Gasteiger partial charge in [0.1, 0.15) is 9.98 Å². The molecule has 0 atom stereocenters. The first-order valence-electron chi connectivity index (χ1n) is 6.76. The van der Waals surface area contributed by atoms with Crippen LogP contribution in [0.15, 0.2) is 16.7 Å². The molecule has 3 heterocycles. The lowest BCUT2D eigenvalue weighted by Gasteiger charge is -2.10. The predicted octanol–water partition coefficient (Wildman–Crippen LogP) is 4.79. The number of aryl methyl sites for hydroxylation is 3. The van der Waals surface area contributed by atoms with E-state index in [2.05, 4.69) is 9.97 Å². The molecule has 4 rings (SSSR count). The molecule has 3 nitrogen and oxygen atoms in total. The number of hydrogen-bond acceptors (Lipinski definition) is 4. The van der Waals surface area contributed by atoms with Gasteiger partial charge in [0, 0.05) is 4.88 Å². The van der Waals surface area contributed by atoms with Crippen molar-refractivity contribution in [3.63, 3.8) is 0 Å². The van der Waals surface area contributed by atoms with E-state index in [0.717, 1.165) is 28.6 Å². The highest BCUT2D eigenvalue weighted by atomic mass is 35.5. The van der Waals surface area contributed by atoms with Crippen LogP contribution in [-0.4, -0.2) is 9.97 Å². The maximum Gasteiger partial charge on any atom is 0.198 e. The average molecular weight is 305 g/mol. The summed E-state index contributed by atoms with van der Waals surface area (Å²) in [6.07, 6.45) is 6.38. The maximum atomic E-state index is 6.42. The number of rotatable bonds is 1. The van der Waals surface area contributed by atoms with Crippen LogP contribution in [0.25, 0.3) is 21.8 Å². The van der Waals surface area contributed by atoms with E-state index >= 15 is 0 Å². The Hall–Kier alpha value is -1.39. The molecule has 0 N–H and O–H groups in total. The SMILES string of the molecule is Cc1ccoc1-c1nc(Cl)c2c3c(sc2n1)CCCC3. The van der Waals surface area contributed by atoms with Gasteiger partial charge in [-0.15, -0.1) is 11.3 Å². The van der Waals surface area contributed by atoms with Gasteiger partial charge in [0.2, 0.25) is 0 Å². The maximum absolute atomic E-state index is 6.42. The van der Waals surface area contributed by atoms with E-state index in [0.29, 0.717) is 16.7 Å². The summed E-state index contributed by atoms with van der Waals surface area (Å²) in [6, 6.07) is 1.91. The van der Waals surface area contributed by atoms with Crippen LogP contribution in [0.5, 0.6) is 0 Å². The Balaban J connectivity index is 1.97. The zero-order chi connectivity index (χ0) is 13.7. The van der Waals surface area contributed by atoms with Crippen LogP contribution in [0.3, 0.4) is 0 Å². The van der Waals surface area contributed by atoms with E-state index < -0.39 is 0 Å². The molecule has 5 heteroatoms. The van der Waals surface area contributed by atoms with E-state index in [9.17, 15) is 0 Å². The fourth-order valence-electron chi connectivity index (χ4n) is 2.82. The molecular weight excluding hydrogens is 292 g/mol. The lowest BCUT2D eigenvalue weighted by atomic mass is 9.97. The smallest absolute Gasteiger partial charge is 0.198 e.